The molecule has 0 aromatic heterocycles. The number of esters is 1. The van der Waals surface area contributed by atoms with Crippen molar-refractivity contribution in [3.05, 3.63) is 34.9 Å². The number of halogens is 1. The van der Waals surface area contributed by atoms with E-state index in [4.69, 9.17) is 16.3 Å². The standard InChI is InChI=1S/C18H26ClNO3/c1-12(2)10-15(17(22)23-18(3,4)5)20-16(21)11-13-8-6-7-9-14(13)19/h6-9,12,15H,10-11H2,1-5H3,(H,20,21)/t15-/m0/s1. The zero-order chi connectivity index (χ0) is 17.6. The number of hydrogen-bond acceptors (Lipinski definition) is 3. The van der Waals surface area contributed by atoms with Crippen molar-refractivity contribution in [3.8, 4) is 0 Å². The van der Waals surface area contributed by atoms with Gasteiger partial charge in [-0.3, -0.25) is 4.79 Å². The first-order valence-corrected chi connectivity index (χ1v) is 8.22. The highest BCUT2D eigenvalue weighted by Crippen LogP contribution is 2.16. The minimum absolute atomic E-state index is 0.136. The zero-order valence-corrected chi connectivity index (χ0v) is 15.2. The second kappa shape index (κ2) is 8.34. The molecule has 0 heterocycles. The van der Waals surface area contributed by atoms with Crippen LogP contribution in [0.4, 0.5) is 0 Å². The molecule has 1 N–H and O–H groups in total. The van der Waals surface area contributed by atoms with Gasteiger partial charge in [0.05, 0.1) is 6.42 Å². The third-order valence-electron chi connectivity index (χ3n) is 3.04. The van der Waals surface area contributed by atoms with Crippen LogP contribution in [-0.4, -0.2) is 23.5 Å². The molecular weight excluding hydrogens is 314 g/mol. The van der Waals surface area contributed by atoms with Crippen molar-refractivity contribution in [2.75, 3.05) is 0 Å². The average molecular weight is 340 g/mol. The molecular formula is C18H26ClNO3. The topological polar surface area (TPSA) is 55.4 Å². The zero-order valence-electron chi connectivity index (χ0n) is 14.5. The van der Waals surface area contributed by atoms with Gasteiger partial charge in [0.15, 0.2) is 0 Å². The van der Waals surface area contributed by atoms with Gasteiger partial charge < -0.3 is 10.1 Å². The Morgan fingerprint density at radius 3 is 2.35 bits per heavy atom. The van der Waals surface area contributed by atoms with Crippen molar-refractivity contribution in [2.24, 2.45) is 5.92 Å². The van der Waals surface area contributed by atoms with Crippen LogP contribution < -0.4 is 5.32 Å². The summed E-state index contributed by atoms with van der Waals surface area (Å²) in [4.78, 5) is 24.5. The number of hydrogen-bond donors (Lipinski definition) is 1. The molecule has 4 nitrogen and oxygen atoms in total. The fourth-order valence-corrected chi connectivity index (χ4v) is 2.32. The van der Waals surface area contributed by atoms with E-state index >= 15 is 0 Å². The van der Waals surface area contributed by atoms with Gasteiger partial charge in [-0.15, -0.1) is 0 Å². The predicted molar refractivity (Wildman–Crippen MR) is 92.4 cm³/mol. The van der Waals surface area contributed by atoms with Gasteiger partial charge in [-0.05, 0) is 44.7 Å². The minimum Gasteiger partial charge on any atom is -0.458 e. The van der Waals surface area contributed by atoms with Crippen LogP contribution in [0.1, 0.15) is 46.6 Å². The first kappa shape index (κ1) is 19.5. The van der Waals surface area contributed by atoms with E-state index in [1.807, 2.05) is 46.8 Å². The van der Waals surface area contributed by atoms with Crippen LogP contribution in [0, 0.1) is 5.92 Å². The molecule has 0 aliphatic carbocycles. The predicted octanol–water partition coefficient (Wildman–Crippen LogP) is 3.76. The maximum atomic E-state index is 12.3. The summed E-state index contributed by atoms with van der Waals surface area (Å²) in [5.41, 5.74) is 0.152. The van der Waals surface area contributed by atoms with Crippen molar-refractivity contribution in [2.45, 2.75) is 59.1 Å². The molecule has 1 amide bonds. The normalized spacial score (nSPS) is 12.8. The first-order valence-electron chi connectivity index (χ1n) is 7.84. The second-order valence-electron chi connectivity index (χ2n) is 7.05. The smallest absolute Gasteiger partial charge is 0.329 e. The maximum absolute atomic E-state index is 12.3. The van der Waals surface area contributed by atoms with Crippen LogP contribution in [0.5, 0.6) is 0 Å². The summed E-state index contributed by atoms with van der Waals surface area (Å²) in [6.07, 6.45) is 0.667. The lowest BCUT2D eigenvalue weighted by Gasteiger charge is -2.25. The number of nitrogens with one attached hydrogen (secondary N) is 1. The van der Waals surface area contributed by atoms with E-state index in [1.165, 1.54) is 0 Å². The highest BCUT2D eigenvalue weighted by Gasteiger charge is 2.27. The van der Waals surface area contributed by atoms with Gasteiger partial charge >= 0.3 is 5.97 Å². The number of ether oxygens (including phenoxy) is 1. The molecule has 0 spiro atoms. The summed E-state index contributed by atoms with van der Waals surface area (Å²) >= 11 is 6.07. The molecule has 1 aromatic rings. The Bertz CT molecular complexity index is 549. The van der Waals surface area contributed by atoms with Gasteiger partial charge in [0.2, 0.25) is 5.91 Å². The fraction of sp³-hybridized carbons (Fsp3) is 0.556. The summed E-state index contributed by atoms with van der Waals surface area (Å²) in [5, 5.41) is 3.32. The molecule has 1 atom stereocenters. The van der Waals surface area contributed by atoms with E-state index in [-0.39, 0.29) is 18.2 Å². The van der Waals surface area contributed by atoms with E-state index in [1.54, 1.807) is 12.1 Å². The summed E-state index contributed by atoms with van der Waals surface area (Å²) in [6, 6.07) is 6.53. The van der Waals surface area contributed by atoms with Crippen molar-refractivity contribution in [1.29, 1.82) is 0 Å². The number of carbonyl (C=O) groups excluding carboxylic acids is 2. The molecule has 0 bridgehead atoms. The maximum Gasteiger partial charge on any atom is 0.329 e. The van der Waals surface area contributed by atoms with Crippen LogP contribution in [-0.2, 0) is 20.7 Å². The Balaban J connectivity index is 2.74. The summed E-state index contributed by atoms with van der Waals surface area (Å²) < 4.78 is 5.40. The van der Waals surface area contributed by atoms with Gasteiger partial charge in [-0.25, -0.2) is 4.79 Å². The second-order valence-corrected chi connectivity index (χ2v) is 7.46. The Morgan fingerprint density at radius 2 is 1.83 bits per heavy atom. The van der Waals surface area contributed by atoms with Crippen LogP contribution in [0.2, 0.25) is 5.02 Å². The average Bonchev–Trinajstić information content (AvgIpc) is 2.38. The van der Waals surface area contributed by atoms with E-state index in [0.29, 0.717) is 11.4 Å². The molecule has 1 aromatic carbocycles. The largest absolute Gasteiger partial charge is 0.458 e. The third-order valence-corrected chi connectivity index (χ3v) is 3.41. The highest BCUT2D eigenvalue weighted by molar-refractivity contribution is 6.31. The highest BCUT2D eigenvalue weighted by atomic mass is 35.5. The lowest BCUT2D eigenvalue weighted by molar-refractivity contribution is -0.159. The number of amides is 1. The van der Waals surface area contributed by atoms with Crippen molar-refractivity contribution >= 4 is 23.5 Å². The van der Waals surface area contributed by atoms with Gasteiger partial charge in [-0.2, -0.15) is 0 Å². The first-order chi connectivity index (χ1) is 10.6. The molecule has 0 saturated heterocycles. The van der Waals surface area contributed by atoms with Crippen LogP contribution in [0.3, 0.4) is 0 Å². The molecule has 0 radical (unpaired) electrons. The molecule has 0 fully saturated rings. The van der Waals surface area contributed by atoms with E-state index in [9.17, 15) is 9.59 Å². The molecule has 128 valence electrons. The Labute approximate surface area is 143 Å². The minimum atomic E-state index is -0.649. The lowest BCUT2D eigenvalue weighted by Crippen LogP contribution is -2.45. The van der Waals surface area contributed by atoms with Gasteiger partial charge in [0, 0.05) is 5.02 Å². The van der Waals surface area contributed by atoms with Crippen LogP contribution in [0.15, 0.2) is 24.3 Å². The van der Waals surface area contributed by atoms with Crippen molar-refractivity contribution in [3.63, 3.8) is 0 Å². The van der Waals surface area contributed by atoms with Crippen LogP contribution >= 0.6 is 11.6 Å². The molecule has 0 unspecified atom stereocenters. The molecule has 0 aliphatic rings. The Morgan fingerprint density at radius 1 is 1.22 bits per heavy atom. The number of benzene rings is 1. The summed E-state index contributed by atoms with van der Waals surface area (Å²) in [6.45, 7) is 9.42. The number of carbonyl (C=O) groups is 2. The van der Waals surface area contributed by atoms with Crippen molar-refractivity contribution in [1.82, 2.24) is 5.32 Å². The van der Waals surface area contributed by atoms with Gasteiger partial charge in [0.1, 0.15) is 11.6 Å². The summed E-state index contributed by atoms with van der Waals surface area (Å²) in [7, 11) is 0. The van der Waals surface area contributed by atoms with Gasteiger partial charge in [-0.1, -0.05) is 43.6 Å². The number of rotatable bonds is 6. The Hall–Kier alpha value is -1.55. The van der Waals surface area contributed by atoms with Crippen LogP contribution in [0.25, 0.3) is 0 Å². The Kier molecular flexibility index (Phi) is 7.07. The van der Waals surface area contributed by atoms with E-state index in [0.717, 1.165) is 5.56 Å². The molecule has 0 aliphatic heterocycles. The fourth-order valence-electron chi connectivity index (χ4n) is 2.12. The summed E-state index contributed by atoms with van der Waals surface area (Å²) in [5.74, 6) is -0.388. The SMILES string of the molecule is CC(C)C[C@H](NC(=O)Cc1ccccc1Cl)C(=O)OC(C)(C)C. The quantitative estimate of drug-likeness (QED) is 0.803. The monoisotopic (exact) mass is 339 g/mol. The molecule has 0 saturated carbocycles. The van der Waals surface area contributed by atoms with E-state index in [2.05, 4.69) is 5.32 Å². The molecule has 23 heavy (non-hydrogen) atoms. The van der Waals surface area contributed by atoms with Gasteiger partial charge in [0.25, 0.3) is 0 Å². The molecule has 1 rings (SSSR count). The molecule has 5 heteroatoms. The third kappa shape index (κ3) is 7.51. The lowest BCUT2D eigenvalue weighted by atomic mass is 10.0. The van der Waals surface area contributed by atoms with Crippen molar-refractivity contribution < 1.29 is 14.3 Å². The van der Waals surface area contributed by atoms with E-state index < -0.39 is 17.6 Å².